The summed E-state index contributed by atoms with van der Waals surface area (Å²) in [5.74, 6) is 0.641. The topological polar surface area (TPSA) is 71.2 Å². The third-order valence-electron chi connectivity index (χ3n) is 4.20. The van der Waals surface area contributed by atoms with Crippen LogP contribution in [0.3, 0.4) is 0 Å². The molecule has 4 N–H and O–H groups in total. The van der Waals surface area contributed by atoms with Crippen LogP contribution in [0.25, 0.3) is 10.9 Å². The number of benzene rings is 1. The van der Waals surface area contributed by atoms with Crippen LogP contribution in [-0.2, 0) is 0 Å². The van der Waals surface area contributed by atoms with E-state index in [4.69, 9.17) is 5.73 Å². The van der Waals surface area contributed by atoms with Crippen LogP contribution >= 0.6 is 0 Å². The molecule has 0 spiro atoms. The first-order chi connectivity index (χ1) is 9.74. The van der Waals surface area contributed by atoms with Gasteiger partial charge in [-0.25, -0.2) is 0 Å². The number of aromatic nitrogens is 1. The number of aliphatic hydroxyl groups excluding tert-OH is 1. The van der Waals surface area contributed by atoms with Gasteiger partial charge in [-0.3, -0.25) is 4.98 Å². The van der Waals surface area contributed by atoms with Gasteiger partial charge >= 0.3 is 0 Å². The van der Waals surface area contributed by atoms with Gasteiger partial charge in [-0.05, 0) is 43.7 Å². The molecule has 1 heterocycles. The third-order valence-corrected chi connectivity index (χ3v) is 4.20. The summed E-state index contributed by atoms with van der Waals surface area (Å²) in [4.78, 5) is 4.35. The fourth-order valence-electron chi connectivity index (χ4n) is 2.96. The number of fused-ring (bicyclic) bond motifs is 1. The van der Waals surface area contributed by atoms with Crippen molar-refractivity contribution in [3.8, 4) is 0 Å². The molecule has 1 aromatic heterocycles. The number of para-hydroxylation sites is 1. The number of rotatable bonds is 3. The Morgan fingerprint density at radius 2 is 2.00 bits per heavy atom. The lowest BCUT2D eigenvalue weighted by Gasteiger charge is -2.26. The number of nitrogens with two attached hydrogens (primary N) is 1. The van der Waals surface area contributed by atoms with Gasteiger partial charge in [0, 0.05) is 23.8 Å². The molecule has 2 aromatic rings. The Bertz CT molecular complexity index is 591. The Morgan fingerprint density at radius 3 is 2.80 bits per heavy atom. The van der Waals surface area contributed by atoms with Gasteiger partial charge in [0.25, 0.3) is 0 Å². The fourth-order valence-corrected chi connectivity index (χ4v) is 2.96. The molecule has 0 amide bonds. The molecule has 1 fully saturated rings. The molecule has 0 unspecified atom stereocenters. The molecule has 3 rings (SSSR count). The van der Waals surface area contributed by atoms with E-state index in [1.165, 1.54) is 0 Å². The van der Waals surface area contributed by atoms with Gasteiger partial charge in [-0.15, -0.1) is 0 Å². The molecule has 1 aliphatic rings. The van der Waals surface area contributed by atoms with Crippen LogP contribution in [0.1, 0.15) is 25.7 Å². The summed E-state index contributed by atoms with van der Waals surface area (Å²) >= 11 is 0. The average molecular weight is 271 g/mol. The van der Waals surface area contributed by atoms with E-state index in [2.05, 4.69) is 10.3 Å². The first-order valence-corrected chi connectivity index (χ1v) is 7.29. The zero-order valence-corrected chi connectivity index (χ0v) is 11.5. The van der Waals surface area contributed by atoms with Crippen LogP contribution in [-0.4, -0.2) is 22.7 Å². The van der Waals surface area contributed by atoms with Gasteiger partial charge in [0.2, 0.25) is 0 Å². The van der Waals surface area contributed by atoms with Crippen LogP contribution < -0.4 is 11.1 Å². The standard InChI is InChI=1S/C16H21N3O/c17-14-3-1-2-13-15(8-9-18-16(13)14)19-10-11-4-6-12(20)7-5-11/h1-3,8-9,11-12,20H,4-7,10,17H2,(H,18,19). The van der Waals surface area contributed by atoms with Gasteiger partial charge in [0.05, 0.1) is 17.3 Å². The highest BCUT2D eigenvalue weighted by atomic mass is 16.3. The van der Waals surface area contributed by atoms with Crippen molar-refractivity contribution in [1.82, 2.24) is 4.98 Å². The lowest BCUT2D eigenvalue weighted by molar-refractivity contribution is 0.111. The summed E-state index contributed by atoms with van der Waals surface area (Å²) in [5.41, 5.74) is 8.63. The maximum absolute atomic E-state index is 9.54. The lowest BCUT2D eigenvalue weighted by Crippen LogP contribution is -2.23. The first kappa shape index (κ1) is 13.2. The van der Waals surface area contributed by atoms with Crippen molar-refractivity contribution in [1.29, 1.82) is 0 Å². The summed E-state index contributed by atoms with van der Waals surface area (Å²) in [6.45, 7) is 0.945. The van der Waals surface area contributed by atoms with Crippen molar-refractivity contribution in [2.45, 2.75) is 31.8 Å². The monoisotopic (exact) mass is 271 g/mol. The molecule has 0 bridgehead atoms. The number of pyridine rings is 1. The van der Waals surface area contributed by atoms with Gasteiger partial charge in [-0.1, -0.05) is 12.1 Å². The number of hydrogen-bond acceptors (Lipinski definition) is 4. The average Bonchev–Trinajstić information content (AvgIpc) is 2.47. The molecular weight excluding hydrogens is 250 g/mol. The van der Waals surface area contributed by atoms with E-state index in [-0.39, 0.29) is 6.10 Å². The molecule has 1 aromatic carbocycles. The largest absolute Gasteiger partial charge is 0.397 e. The second-order valence-electron chi connectivity index (χ2n) is 5.66. The minimum Gasteiger partial charge on any atom is -0.397 e. The number of nitrogen functional groups attached to an aromatic ring is 1. The third kappa shape index (κ3) is 2.70. The number of nitrogens with zero attached hydrogens (tertiary/aromatic N) is 1. The van der Waals surface area contributed by atoms with E-state index < -0.39 is 0 Å². The minimum absolute atomic E-state index is 0.0900. The van der Waals surface area contributed by atoms with Gasteiger partial charge < -0.3 is 16.2 Å². The molecule has 1 saturated carbocycles. The highest BCUT2D eigenvalue weighted by molar-refractivity contribution is 5.97. The van der Waals surface area contributed by atoms with E-state index in [1.54, 1.807) is 6.20 Å². The summed E-state index contributed by atoms with van der Waals surface area (Å²) in [7, 11) is 0. The Hall–Kier alpha value is -1.81. The Morgan fingerprint density at radius 1 is 1.20 bits per heavy atom. The smallest absolute Gasteiger partial charge is 0.0951 e. The zero-order valence-electron chi connectivity index (χ0n) is 11.5. The van der Waals surface area contributed by atoms with E-state index in [0.717, 1.165) is 48.8 Å². The van der Waals surface area contributed by atoms with Crippen LogP contribution in [0.4, 0.5) is 11.4 Å². The summed E-state index contributed by atoms with van der Waals surface area (Å²) in [6, 6.07) is 7.88. The molecule has 0 atom stereocenters. The number of hydrogen-bond donors (Lipinski definition) is 3. The maximum Gasteiger partial charge on any atom is 0.0951 e. The Kier molecular flexibility index (Phi) is 3.74. The van der Waals surface area contributed by atoms with Gasteiger partial charge in [0.15, 0.2) is 0 Å². The molecular formula is C16H21N3O. The molecule has 106 valence electrons. The van der Waals surface area contributed by atoms with Crippen LogP contribution in [0.15, 0.2) is 30.5 Å². The molecule has 0 saturated heterocycles. The summed E-state index contributed by atoms with van der Waals surface area (Å²) in [6.07, 6.45) is 5.75. The highest BCUT2D eigenvalue weighted by Crippen LogP contribution is 2.28. The van der Waals surface area contributed by atoms with Crippen molar-refractivity contribution < 1.29 is 5.11 Å². The summed E-state index contributed by atoms with van der Waals surface area (Å²) < 4.78 is 0. The lowest BCUT2D eigenvalue weighted by atomic mass is 9.87. The molecule has 1 aliphatic carbocycles. The quantitative estimate of drug-likeness (QED) is 0.751. The van der Waals surface area contributed by atoms with Crippen molar-refractivity contribution >= 4 is 22.3 Å². The second kappa shape index (κ2) is 5.67. The number of nitrogens with one attached hydrogen (secondary N) is 1. The second-order valence-corrected chi connectivity index (χ2v) is 5.66. The first-order valence-electron chi connectivity index (χ1n) is 7.29. The molecule has 0 radical (unpaired) electrons. The van der Waals surface area contributed by atoms with E-state index >= 15 is 0 Å². The number of aliphatic hydroxyl groups is 1. The molecule has 0 aliphatic heterocycles. The van der Waals surface area contributed by atoms with E-state index in [9.17, 15) is 5.11 Å². The van der Waals surface area contributed by atoms with Crippen LogP contribution in [0, 0.1) is 5.92 Å². The highest BCUT2D eigenvalue weighted by Gasteiger charge is 2.19. The molecule has 20 heavy (non-hydrogen) atoms. The zero-order chi connectivity index (χ0) is 13.9. The van der Waals surface area contributed by atoms with Gasteiger partial charge in [0.1, 0.15) is 0 Å². The van der Waals surface area contributed by atoms with Crippen molar-refractivity contribution in [2.75, 3.05) is 17.6 Å². The number of anilines is 2. The SMILES string of the molecule is Nc1cccc2c(NCC3CCC(O)CC3)ccnc12. The van der Waals surface area contributed by atoms with Crippen LogP contribution in [0.5, 0.6) is 0 Å². The normalized spacial score (nSPS) is 22.9. The predicted octanol–water partition coefficient (Wildman–Crippen LogP) is 2.78. The van der Waals surface area contributed by atoms with Gasteiger partial charge in [-0.2, -0.15) is 0 Å². The maximum atomic E-state index is 9.54. The minimum atomic E-state index is -0.0900. The molecule has 4 heteroatoms. The van der Waals surface area contributed by atoms with Crippen LogP contribution in [0.2, 0.25) is 0 Å². The van der Waals surface area contributed by atoms with E-state index in [1.807, 2.05) is 24.3 Å². The van der Waals surface area contributed by atoms with Crippen molar-refractivity contribution in [2.24, 2.45) is 5.92 Å². The molecule has 4 nitrogen and oxygen atoms in total. The predicted molar refractivity (Wildman–Crippen MR) is 82.6 cm³/mol. The Labute approximate surface area is 119 Å². The van der Waals surface area contributed by atoms with E-state index in [0.29, 0.717) is 11.6 Å². The fraction of sp³-hybridized carbons (Fsp3) is 0.438. The van der Waals surface area contributed by atoms with Crippen molar-refractivity contribution in [3.05, 3.63) is 30.5 Å². The van der Waals surface area contributed by atoms with Crippen molar-refractivity contribution in [3.63, 3.8) is 0 Å². The Balaban J connectivity index is 1.73. The summed E-state index contributed by atoms with van der Waals surface area (Å²) in [5, 5.41) is 14.1.